The zero-order chi connectivity index (χ0) is 17.5. The van der Waals surface area contributed by atoms with Gasteiger partial charge >= 0.3 is 0 Å². The summed E-state index contributed by atoms with van der Waals surface area (Å²) in [6.07, 6.45) is 4.37. The quantitative estimate of drug-likeness (QED) is 0.555. The number of hydrogen-bond acceptors (Lipinski definition) is 3. The summed E-state index contributed by atoms with van der Waals surface area (Å²) in [4.78, 5) is 12.4. The van der Waals surface area contributed by atoms with Crippen LogP contribution in [0.1, 0.15) is 34.8 Å². The highest BCUT2D eigenvalue weighted by molar-refractivity contribution is 6.02. The molecule has 0 saturated heterocycles. The summed E-state index contributed by atoms with van der Waals surface area (Å²) in [6, 6.07) is 19.2. The lowest BCUT2D eigenvalue weighted by Gasteiger charge is -2.07. The molecule has 2 aromatic carbocycles. The number of hydrazone groups is 1. The van der Waals surface area contributed by atoms with Crippen molar-refractivity contribution in [1.82, 2.24) is 15.2 Å². The van der Waals surface area contributed by atoms with Crippen molar-refractivity contribution in [2.45, 2.75) is 19.9 Å². The van der Waals surface area contributed by atoms with Crippen molar-refractivity contribution < 1.29 is 4.79 Å². The van der Waals surface area contributed by atoms with Crippen molar-refractivity contribution in [3.63, 3.8) is 0 Å². The topological polar surface area (TPSA) is 59.3 Å². The number of hydrogen-bond donors (Lipinski definition) is 1. The average molecular weight is 332 g/mol. The fraction of sp³-hybridized carbons (Fsp3) is 0.150. The van der Waals surface area contributed by atoms with Crippen molar-refractivity contribution in [3.05, 3.63) is 89.7 Å². The maximum Gasteiger partial charge on any atom is 0.271 e. The van der Waals surface area contributed by atoms with Crippen molar-refractivity contribution >= 4 is 11.6 Å². The molecule has 0 aliphatic rings. The highest BCUT2D eigenvalue weighted by Crippen LogP contribution is 2.08. The minimum atomic E-state index is -0.218. The molecule has 0 fully saturated rings. The SMILES string of the molecule is CCC(=NNC(=O)c1cccc(Cn2cccn2)c1)c1ccccc1. The Morgan fingerprint density at radius 2 is 1.88 bits per heavy atom. The van der Waals surface area contributed by atoms with E-state index in [4.69, 9.17) is 0 Å². The predicted molar refractivity (Wildman–Crippen MR) is 98.5 cm³/mol. The fourth-order valence-corrected chi connectivity index (χ4v) is 2.55. The van der Waals surface area contributed by atoms with Gasteiger partial charge in [0, 0.05) is 18.0 Å². The van der Waals surface area contributed by atoms with E-state index < -0.39 is 0 Å². The Labute approximate surface area is 147 Å². The fourth-order valence-electron chi connectivity index (χ4n) is 2.55. The normalized spacial score (nSPS) is 11.3. The molecule has 0 aliphatic carbocycles. The molecule has 0 bridgehead atoms. The van der Waals surface area contributed by atoms with E-state index in [0.717, 1.165) is 23.3 Å². The van der Waals surface area contributed by atoms with Crippen LogP contribution in [-0.4, -0.2) is 21.4 Å². The number of carbonyl (C=O) groups excluding carboxylic acids is 1. The molecule has 5 nitrogen and oxygen atoms in total. The number of carbonyl (C=O) groups is 1. The molecular formula is C20H20N4O. The minimum Gasteiger partial charge on any atom is -0.268 e. The Morgan fingerprint density at radius 3 is 2.60 bits per heavy atom. The largest absolute Gasteiger partial charge is 0.271 e. The second-order valence-electron chi connectivity index (χ2n) is 5.62. The van der Waals surface area contributed by atoms with E-state index in [-0.39, 0.29) is 5.91 Å². The van der Waals surface area contributed by atoms with Gasteiger partial charge in [-0.05, 0) is 35.7 Å². The van der Waals surface area contributed by atoms with Gasteiger partial charge in [-0.25, -0.2) is 5.43 Å². The Morgan fingerprint density at radius 1 is 1.08 bits per heavy atom. The van der Waals surface area contributed by atoms with E-state index in [0.29, 0.717) is 12.1 Å². The smallest absolute Gasteiger partial charge is 0.268 e. The molecule has 1 aromatic heterocycles. The van der Waals surface area contributed by atoms with E-state index in [1.165, 1.54) is 0 Å². The minimum absolute atomic E-state index is 0.218. The lowest BCUT2D eigenvalue weighted by Crippen LogP contribution is -2.20. The molecule has 25 heavy (non-hydrogen) atoms. The summed E-state index contributed by atoms with van der Waals surface area (Å²) in [5, 5.41) is 8.48. The summed E-state index contributed by atoms with van der Waals surface area (Å²) in [5.41, 5.74) is 6.12. The first kappa shape index (κ1) is 16.6. The van der Waals surface area contributed by atoms with Crippen LogP contribution >= 0.6 is 0 Å². The number of benzene rings is 2. The first-order valence-corrected chi connectivity index (χ1v) is 8.25. The van der Waals surface area contributed by atoms with Crippen molar-refractivity contribution in [3.8, 4) is 0 Å². The summed E-state index contributed by atoms with van der Waals surface area (Å²) in [7, 11) is 0. The van der Waals surface area contributed by atoms with Crippen LogP contribution in [0.4, 0.5) is 0 Å². The van der Waals surface area contributed by atoms with Gasteiger partial charge in [-0.3, -0.25) is 9.48 Å². The number of nitrogens with zero attached hydrogens (tertiary/aromatic N) is 3. The molecule has 0 aliphatic heterocycles. The van der Waals surface area contributed by atoms with Gasteiger partial charge < -0.3 is 0 Å². The molecule has 1 amide bonds. The number of rotatable bonds is 6. The Hall–Kier alpha value is -3.21. The number of aromatic nitrogens is 2. The van der Waals surface area contributed by atoms with E-state index in [1.54, 1.807) is 12.3 Å². The standard InChI is InChI=1S/C20H20N4O/c1-2-19(17-9-4-3-5-10-17)22-23-20(25)18-11-6-8-16(14-18)15-24-13-7-12-21-24/h3-14H,2,15H2,1H3,(H,23,25). The van der Waals surface area contributed by atoms with E-state index in [1.807, 2.05) is 72.4 Å². The molecule has 0 spiro atoms. The van der Waals surface area contributed by atoms with Crippen LogP contribution in [0.25, 0.3) is 0 Å². The molecule has 0 unspecified atom stereocenters. The summed E-state index contributed by atoms with van der Waals surface area (Å²) >= 11 is 0. The highest BCUT2D eigenvalue weighted by Gasteiger charge is 2.07. The Kier molecular flexibility index (Phi) is 5.36. The third kappa shape index (κ3) is 4.41. The second kappa shape index (κ2) is 8.06. The molecule has 0 radical (unpaired) electrons. The summed E-state index contributed by atoms with van der Waals surface area (Å²) < 4.78 is 1.82. The zero-order valence-corrected chi connectivity index (χ0v) is 14.1. The Bertz CT molecular complexity index is 854. The Balaban J connectivity index is 1.71. The maximum absolute atomic E-state index is 12.4. The molecule has 126 valence electrons. The second-order valence-corrected chi connectivity index (χ2v) is 5.62. The molecule has 3 aromatic rings. The number of nitrogens with one attached hydrogen (secondary N) is 1. The molecule has 3 rings (SSSR count). The van der Waals surface area contributed by atoms with Crippen LogP contribution in [-0.2, 0) is 6.54 Å². The van der Waals surface area contributed by atoms with E-state index >= 15 is 0 Å². The van der Waals surface area contributed by atoms with Gasteiger partial charge in [0.05, 0.1) is 12.3 Å². The van der Waals surface area contributed by atoms with Crippen LogP contribution in [0.3, 0.4) is 0 Å². The van der Waals surface area contributed by atoms with E-state index in [2.05, 4.69) is 15.6 Å². The predicted octanol–water partition coefficient (Wildman–Crippen LogP) is 3.48. The van der Waals surface area contributed by atoms with Crippen molar-refractivity contribution in [1.29, 1.82) is 0 Å². The van der Waals surface area contributed by atoms with Gasteiger partial charge in [-0.1, -0.05) is 49.4 Å². The monoisotopic (exact) mass is 332 g/mol. The van der Waals surface area contributed by atoms with Crippen LogP contribution < -0.4 is 5.43 Å². The van der Waals surface area contributed by atoms with Gasteiger partial charge in [0.1, 0.15) is 0 Å². The van der Waals surface area contributed by atoms with Gasteiger partial charge in [0.2, 0.25) is 0 Å². The molecule has 1 N–H and O–H groups in total. The van der Waals surface area contributed by atoms with Crippen LogP contribution in [0.5, 0.6) is 0 Å². The van der Waals surface area contributed by atoms with Crippen molar-refractivity contribution in [2.24, 2.45) is 5.10 Å². The van der Waals surface area contributed by atoms with E-state index in [9.17, 15) is 4.79 Å². The third-order valence-corrected chi connectivity index (χ3v) is 3.83. The lowest BCUT2D eigenvalue weighted by molar-refractivity contribution is 0.0954. The van der Waals surface area contributed by atoms with Gasteiger partial charge in [0.25, 0.3) is 5.91 Å². The first-order chi connectivity index (χ1) is 12.3. The molecule has 1 heterocycles. The van der Waals surface area contributed by atoms with Gasteiger partial charge in [0.15, 0.2) is 0 Å². The van der Waals surface area contributed by atoms with Crippen LogP contribution in [0, 0.1) is 0 Å². The van der Waals surface area contributed by atoms with Gasteiger partial charge in [-0.2, -0.15) is 10.2 Å². The van der Waals surface area contributed by atoms with Crippen molar-refractivity contribution in [2.75, 3.05) is 0 Å². The first-order valence-electron chi connectivity index (χ1n) is 8.25. The summed E-state index contributed by atoms with van der Waals surface area (Å²) in [6.45, 7) is 2.64. The van der Waals surface area contributed by atoms with Crippen LogP contribution in [0.2, 0.25) is 0 Å². The number of amides is 1. The summed E-state index contributed by atoms with van der Waals surface area (Å²) in [5.74, 6) is -0.218. The molecule has 5 heteroatoms. The molecule has 0 atom stereocenters. The van der Waals surface area contributed by atoms with Crippen LogP contribution in [0.15, 0.2) is 78.2 Å². The third-order valence-electron chi connectivity index (χ3n) is 3.83. The zero-order valence-electron chi connectivity index (χ0n) is 14.1. The lowest BCUT2D eigenvalue weighted by atomic mass is 10.1. The molecule has 0 saturated carbocycles. The highest BCUT2D eigenvalue weighted by atomic mass is 16.2. The van der Waals surface area contributed by atoms with Gasteiger partial charge in [-0.15, -0.1) is 0 Å². The average Bonchev–Trinajstić information content (AvgIpc) is 3.16. The maximum atomic E-state index is 12.4. The molecular weight excluding hydrogens is 312 g/mol.